The van der Waals surface area contributed by atoms with Crippen molar-refractivity contribution in [2.45, 2.75) is 38.3 Å². The van der Waals surface area contributed by atoms with E-state index in [9.17, 15) is 9.18 Å². The minimum absolute atomic E-state index is 0.100. The van der Waals surface area contributed by atoms with Gasteiger partial charge in [-0.1, -0.05) is 18.2 Å². The summed E-state index contributed by atoms with van der Waals surface area (Å²) in [7, 11) is 0. The molecule has 0 radical (unpaired) electrons. The molecule has 0 saturated carbocycles. The number of Topliss-reactive ketones (excluding diaryl/α,β-unsaturated/α-hetero) is 1. The highest BCUT2D eigenvalue weighted by Gasteiger charge is 2.37. The molecule has 156 valence electrons. The van der Waals surface area contributed by atoms with E-state index < -0.39 is 0 Å². The normalized spacial score (nSPS) is 22.1. The highest BCUT2D eigenvalue weighted by atomic mass is 19.1. The number of benzene rings is 2. The van der Waals surface area contributed by atoms with Gasteiger partial charge in [-0.25, -0.2) is 4.39 Å². The van der Waals surface area contributed by atoms with Crippen LogP contribution in [0.2, 0.25) is 0 Å². The van der Waals surface area contributed by atoms with Crippen LogP contribution < -0.4 is 0 Å². The van der Waals surface area contributed by atoms with E-state index in [4.69, 9.17) is 0 Å². The molecule has 1 aromatic heterocycles. The van der Waals surface area contributed by atoms with E-state index in [-0.39, 0.29) is 11.6 Å². The Kier molecular flexibility index (Phi) is 5.17. The lowest BCUT2D eigenvalue weighted by Gasteiger charge is -2.47. The summed E-state index contributed by atoms with van der Waals surface area (Å²) in [6, 6.07) is 15.4. The summed E-state index contributed by atoms with van der Waals surface area (Å²) in [5, 5.41) is 1.36. The molecule has 2 aromatic carbocycles. The number of H-pyrrole nitrogens is 1. The quantitative estimate of drug-likeness (QED) is 0.632. The molecular weight excluding hydrogens is 377 g/mol. The van der Waals surface area contributed by atoms with Gasteiger partial charge in [-0.2, -0.15) is 0 Å². The van der Waals surface area contributed by atoms with Crippen molar-refractivity contribution < 1.29 is 9.18 Å². The summed E-state index contributed by atoms with van der Waals surface area (Å²) in [6.45, 7) is 6.41. The first-order valence-electron chi connectivity index (χ1n) is 11.0. The van der Waals surface area contributed by atoms with Gasteiger partial charge in [0.05, 0.1) is 0 Å². The molecule has 5 heteroatoms. The number of fused-ring (bicyclic) bond motifs is 4. The Bertz CT molecular complexity index is 1060. The van der Waals surface area contributed by atoms with Crippen LogP contribution in [0.25, 0.3) is 10.9 Å². The number of halogens is 1. The molecule has 3 aromatic rings. The summed E-state index contributed by atoms with van der Waals surface area (Å²) >= 11 is 0. The molecule has 4 nitrogen and oxygen atoms in total. The van der Waals surface area contributed by atoms with Crippen molar-refractivity contribution in [2.75, 3.05) is 26.2 Å². The van der Waals surface area contributed by atoms with Crippen LogP contribution in [0.4, 0.5) is 4.39 Å². The Morgan fingerprint density at radius 1 is 1.13 bits per heavy atom. The van der Waals surface area contributed by atoms with Crippen LogP contribution in [0.5, 0.6) is 0 Å². The standard InChI is InChI=1S/C25H28FN3O/c1-17-25-22(21-5-2-3-6-23(21)27-25)15-20-16-28(13-14-29(17)20)12-4-7-24(30)18-8-10-19(26)11-9-18/h2-3,5-6,8-11,17,20,27H,4,7,12-16H2,1H3/t17-,20+/m0/s1. The molecule has 2 atom stereocenters. The van der Waals surface area contributed by atoms with Crippen molar-refractivity contribution in [3.05, 3.63) is 71.2 Å². The van der Waals surface area contributed by atoms with Crippen LogP contribution in [-0.4, -0.2) is 52.8 Å². The number of carbonyl (C=O) groups excluding carboxylic acids is 1. The zero-order valence-electron chi connectivity index (χ0n) is 17.4. The molecule has 1 saturated heterocycles. The van der Waals surface area contributed by atoms with E-state index in [0.29, 0.717) is 24.1 Å². The number of nitrogens with one attached hydrogen (secondary N) is 1. The summed E-state index contributed by atoms with van der Waals surface area (Å²) in [5.74, 6) is -0.201. The first-order valence-corrected chi connectivity index (χ1v) is 11.0. The summed E-state index contributed by atoms with van der Waals surface area (Å²) in [5.41, 5.74) is 4.71. The number of para-hydroxylation sites is 1. The molecule has 0 amide bonds. The molecule has 0 bridgehead atoms. The highest BCUT2D eigenvalue weighted by Crippen LogP contribution is 2.38. The van der Waals surface area contributed by atoms with E-state index in [1.54, 1.807) is 12.1 Å². The Morgan fingerprint density at radius 3 is 2.77 bits per heavy atom. The first kappa shape index (κ1) is 19.5. The molecule has 0 aliphatic carbocycles. The van der Waals surface area contributed by atoms with E-state index in [1.165, 1.54) is 34.3 Å². The molecule has 1 N–H and O–H groups in total. The third-order valence-electron chi connectivity index (χ3n) is 6.86. The highest BCUT2D eigenvalue weighted by molar-refractivity contribution is 5.95. The summed E-state index contributed by atoms with van der Waals surface area (Å²) in [4.78, 5) is 21.2. The van der Waals surface area contributed by atoms with Gasteiger partial charge >= 0.3 is 0 Å². The molecule has 2 aliphatic rings. The van der Waals surface area contributed by atoms with E-state index in [0.717, 1.165) is 39.0 Å². The third kappa shape index (κ3) is 3.57. The topological polar surface area (TPSA) is 39.3 Å². The minimum Gasteiger partial charge on any atom is -0.357 e. The third-order valence-corrected chi connectivity index (χ3v) is 6.86. The molecule has 2 aliphatic heterocycles. The average Bonchev–Trinajstić information content (AvgIpc) is 3.13. The van der Waals surface area contributed by atoms with Crippen LogP contribution in [0.1, 0.15) is 47.4 Å². The Morgan fingerprint density at radius 2 is 1.93 bits per heavy atom. The van der Waals surface area contributed by atoms with Crippen LogP contribution in [0.3, 0.4) is 0 Å². The zero-order valence-corrected chi connectivity index (χ0v) is 17.4. The van der Waals surface area contributed by atoms with Gasteiger partial charge in [0.25, 0.3) is 0 Å². The largest absolute Gasteiger partial charge is 0.357 e. The van der Waals surface area contributed by atoms with Gasteiger partial charge in [0.1, 0.15) is 5.82 Å². The van der Waals surface area contributed by atoms with Gasteiger partial charge in [-0.15, -0.1) is 0 Å². The lowest BCUT2D eigenvalue weighted by Crippen LogP contribution is -2.56. The fraction of sp³-hybridized carbons (Fsp3) is 0.400. The zero-order chi connectivity index (χ0) is 20.7. The number of rotatable bonds is 5. The second-order valence-corrected chi connectivity index (χ2v) is 8.67. The fourth-order valence-electron chi connectivity index (χ4n) is 5.27. The lowest BCUT2D eigenvalue weighted by molar-refractivity contribution is 0.0350. The van der Waals surface area contributed by atoms with Crippen LogP contribution in [0.15, 0.2) is 48.5 Å². The second-order valence-electron chi connectivity index (χ2n) is 8.67. The van der Waals surface area contributed by atoms with Crippen molar-refractivity contribution in [2.24, 2.45) is 0 Å². The molecule has 30 heavy (non-hydrogen) atoms. The predicted octanol–water partition coefficient (Wildman–Crippen LogP) is 4.57. The fourth-order valence-corrected chi connectivity index (χ4v) is 5.27. The lowest BCUT2D eigenvalue weighted by atomic mass is 9.90. The van der Waals surface area contributed by atoms with Gasteiger partial charge in [-0.3, -0.25) is 9.69 Å². The SMILES string of the molecule is C[C@H]1c2[nH]c3ccccc3c2C[C@@H]2CN(CCCC(=O)c3ccc(F)cc3)CCN21. The van der Waals surface area contributed by atoms with Crippen molar-refractivity contribution in [3.63, 3.8) is 0 Å². The molecule has 5 rings (SSSR count). The predicted molar refractivity (Wildman–Crippen MR) is 117 cm³/mol. The second kappa shape index (κ2) is 7.97. The maximum Gasteiger partial charge on any atom is 0.162 e. The van der Waals surface area contributed by atoms with Crippen LogP contribution in [-0.2, 0) is 6.42 Å². The van der Waals surface area contributed by atoms with Crippen molar-refractivity contribution in [1.82, 2.24) is 14.8 Å². The molecule has 0 unspecified atom stereocenters. The number of ketones is 1. The number of hydrogen-bond acceptors (Lipinski definition) is 3. The number of carbonyl (C=O) groups is 1. The van der Waals surface area contributed by atoms with Crippen molar-refractivity contribution in [3.8, 4) is 0 Å². The van der Waals surface area contributed by atoms with Crippen molar-refractivity contribution >= 4 is 16.7 Å². The maximum atomic E-state index is 13.0. The van der Waals surface area contributed by atoms with Gasteiger partial charge in [0.2, 0.25) is 0 Å². The number of hydrogen-bond donors (Lipinski definition) is 1. The number of piperazine rings is 1. The van der Waals surface area contributed by atoms with Gasteiger partial charge in [0, 0.05) is 60.3 Å². The first-order chi connectivity index (χ1) is 14.6. The Hall–Kier alpha value is -2.50. The maximum absolute atomic E-state index is 13.0. The smallest absolute Gasteiger partial charge is 0.162 e. The minimum atomic E-state index is -0.301. The monoisotopic (exact) mass is 405 g/mol. The van der Waals surface area contributed by atoms with E-state index >= 15 is 0 Å². The van der Waals surface area contributed by atoms with Gasteiger partial charge in [-0.05, 0) is 62.2 Å². The molecule has 1 fully saturated rings. The van der Waals surface area contributed by atoms with Crippen LogP contribution >= 0.6 is 0 Å². The number of aromatic nitrogens is 1. The number of nitrogens with zero attached hydrogens (tertiary/aromatic N) is 2. The van der Waals surface area contributed by atoms with Gasteiger partial charge < -0.3 is 9.88 Å². The Labute approximate surface area is 176 Å². The molecule has 0 spiro atoms. The Balaban J connectivity index is 1.21. The summed E-state index contributed by atoms with van der Waals surface area (Å²) in [6.07, 6.45) is 2.44. The molecular formula is C25H28FN3O. The van der Waals surface area contributed by atoms with E-state index in [2.05, 4.69) is 46.0 Å². The average molecular weight is 406 g/mol. The number of aromatic amines is 1. The van der Waals surface area contributed by atoms with Crippen molar-refractivity contribution in [1.29, 1.82) is 0 Å². The van der Waals surface area contributed by atoms with Gasteiger partial charge in [0.15, 0.2) is 5.78 Å². The molecule has 3 heterocycles. The summed E-state index contributed by atoms with van der Waals surface area (Å²) < 4.78 is 13.0. The van der Waals surface area contributed by atoms with E-state index in [1.807, 2.05) is 0 Å². The van der Waals surface area contributed by atoms with Crippen LogP contribution in [0, 0.1) is 5.82 Å².